The predicted molar refractivity (Wildman–Crippen MR) is 156 cm³/mol. The molecule has 1 aromatic rings. The molecule has 0 amide bonds. The molecular weight excluding hydrogens is 442 g/mol. The fourth-order valence-electron chi connectivity index (χ4n) is 3.98. The Morgan fingerprint density at radius 3 is 2.42 bits per heavy atom. The summed E-state index contributed by atoms with van der Waals surface area (Å²) in [6.07, 6.45) is 21.9. The van der Waals surface area contributed by atoms with E-state index in [-0.39, 0.29) is 14.0 Å². The molecule has 2 aliphatic heterocycles. The number of benzene rings is 1. The lowest BCUT2D eigenvalue weighted by atomic mass is 9.65. The lowest BCUT2D eigenvalue weighted by Crippen LogP contribution is -2.43. The summed E-state index contributed by atoms with van der Waals surface area (Å²) in [5.74, 6) is 1.39. The molecule has 2 fully saturated rings. The summed E-state index contributed by atoms with van der Waals surface area (Å²) in [4.78, 5) is 6.96. The van der Waals surface area contributed by atoms with Crippen LogP contribution >= 0.6 is 0 Å². The Labute approximate surface area is 216 Å². The molecule has 0 aromatic heterocycles. The molecule has 1 aromatic carbocycles. The maximum absolute atomic E-state index is 6.06. The lowest BCUT2D eigenvalue weighted by Gasteiger charge is -2.25. The van der Waals surface area contributed by atoms with E-state index in [0.717, 1.165) is 33.9 Å². The van der Waals surface area contributed by atoms with Crippen molar-refractivity contribution in [1.82, 2.24) is 15.3 Å². The molecule has 2 heterocycles. The number of hydrogen-bond donors (Lipinski definition) is 2. The number of hydrogen-bond acceptors (Lipinski definition) is 4. The zero-order valence-corrected chi connectivity index (χ0v) is 21.6. The summed E-state index contributed by atoms with van der Waals surface area (Å²) in [6.45, 7) is 15.9. The molecule has 2 N–H and O–H groups in total. The van der Waals surface area contributed by atoms with Gasteiger partial charge in [-0.25, -0.2) is 4.99 Å². The van der Waals surface area contributed by atoms with Crippen LogP contribution in [0.1, 0.15) is 27.7 Å². The van der Waals surface area contributed by atoms with E-state index < -0.39 is 0 Å². The van der Waals surface area contributed by atoms with E-state index in [2.05, 4.69) is 40.6 Å². The Kier molecular flexibility index (Phi) is 9.64. The normalized spacial score (nSPS) is 20.5. The number of nitrogens with one attached hydrogen (secondary N) is 2. The van der Waals surface area contributed by atoms with Crippen LogP contribution in [0.5, 0.6) is 0 Å². The Bertz CT molecular complexity index is 1200. The van der Waals surface area contributed by atoms with Gasteiger partial charge in [0.25, 0.3) is 0 Å². The third-order valence-corrected chi connectivity index (χ3v) is 5.62. The first kappa shape index (κ1) is 26.5. The van der Waals surface area contributed by atoms with Gasteiger partial charge in [-0.15, -0.1) is 0 Å². The van der Waals surface area contributed by atoms with Crippen molar-refractivity contribution in [2.75, 3.05) is 0 Å². The zero-order valence-electron chi connectivity index (χ0n) is 21.6. The minimum Gasteiger partial charge on any atom is -0.537 e. The molecule has 0 atom stereocenters. The van der Waals surface area contributed by atoms with Gasteiger partial charge in [-0.1, -0.05) is 92.1 Å². The standard InChI is InChI=1S/C29H34B2N4O/c1-7-12-18-24(16-8-2)30-33-27(11-5)29(32-21-10-4)35(30)26(17-9-3)22-28-23(6)36-31(34-28)25-19-14-13-15-20-25/h7-22,33-34H,3,6H2,1-2,4-5H3/b12-7-,16-8-,21-10-,24-18+,26-17+,27-11+,28-22+,32-29-. The zero-order chi connectivity index (χ0) is 25.9. The van der Waals surface area contributed by atoms with E-state index >= 15 is 0 Å². The van der Waals surface area contributed by atoms with Crippen LogP contribution in [0.2, 0.25) is 0 Å². The quantitative estimate of drug-likeness (QED) is 0.394. The van der Waals surface area contributed by atoms with Crippen LogP contribution in [-0.2, 0) is 4.65 Å². The Morgan fingerprint density at radius 1 is 1.00 bits per heavy atom. The van der Waals surface area contributed by atoms with Crippen molar-refractivity contribution in [2.45, 2.75) is 27.7 Å². The third-order valence-electron chi connectivity index (χ3n) is 5.62. The number of allylic oxidation sites excluding steroid dienone is 11. The predicted octanol–water partition coefficient (Wildman–Crippen LogP) is 5.32. The summed E-state index contributed by atoms with van der Waals surface area (Å²) in [6, 6.07) is 10.0. The molecule has 0 aliphatic carbocycles. The first-order chi connectivity index (χ1) is 17.6. The van der Waals surface area contributed by atoms with Crippen LogP contribution in [0.3, 0.4) is 0 Å². The van der Waals surface area contributed by atoms with Crippen LogP contribution in [0, 0.1) is 0 Å². The second kappa shape index (κ2) is 13.1. The van der Waals surface area contributed by atoms with Gasteiger partial charge in [0.1, 0.15) is 11.6 Å². The molecule has 0 saturated carbocycles. The molecule has 2 aliphatic rings. The monoisotopic (exact) mass is 476 g/mol. The molecule has 0 spiro atoms. The molecular formula is C29H34B2N4O. The van der Waals surface area contributed by atoms with Gasteiger partial charge in [0.2, 0.25) is 0 Å². The highest BCUT2D eigenvalue weighted by atomic mass is 16.5. The highest BCUT2D eigenvalue weighted by Gasteiger charge is 2.41. The van der Waals surface area contributed by atoms with E-state index in [1.165, 1.54) is 0 Å². The van der Waals surface area contributed by atoms with E-state index in [4.69, 9.17) is 9.65 Å². The van der Waals surface area contributed by atoms with Crippen molar-refractivity contribution in [3.8, 4) is 0 Å². The summed E-state index contributed by atoms with van der Waals surface area (Å²) in [7, 11) is -0.294. The molecule has 3 rings (SSSR count). The topological polar surface area (TPSA) is 48.9 Å². The fourth-order valence-corrected chi connectivity index (χ4v) is 3.98. The van der Waals surface area contributed by atoms with Gasteiger partial charge in [0, 0.05) is 11.9 Å². The molecule has 0 radical (unpaired) electrons. The van der Waals surface area contributed by atoms with Crippen molar-refractivity contribution in [2.24, 2.45) is 4.99 Å². The van der Waals surface area contributed by atoms with Crippen molar-refractivity contribution in [3.63, 3.8) is 0 Å². The van der Waals surface area contributed by atoms with Gasteiger partial charge in [-0.05, 0) is 50.8 Å². The average Bonchev–Trinajstić information content (AvgIpc) is 3.45. The minimum atomic E-state index is -0.294. The van der Waals surface area contributed by atoms with Crippen LogP contribution in [0.25, 0.3) is 0 Å². The number of amidine groups is 1. The molecule has 7 heteroatoms. The smallest absolute Gasteiger partial charge is 0.516 e. The summed E-state index contributed by atoms with van der Waals surface area (Å²) >= 11 is 0. The van der Waals surface area contributed by atoms with Crippen LogP contribution < -0.4 is 15.9 Å². The van der Waals surface area contributed by atoms with E-state index in [0.29, 0.717) is 5.76 Å². The van der Waals surface area contributed by atoms with E-state index in [1.807, 2.05) is 101 Å². The second-order valence-corrected chi connectivity index (χ2v) is 8.11. The van der Waals surface area contributed by atoms with Crippen molar-refractivity contribution >= 4 is 25.3 Å². The number of rotatable bonds is 8. The fraction of sp³-hybridized carbons (Fsp3) is 0.138. The molecule has 2 saturated heterocycles. The van der Waals surface area contributed by atoms with E-state index in [9.17, 15) is 0 Å². The van der Waals surface area contributed by atoms with Gasteiger partial charge in [-0.3, -0.25) is 0 Å². The van der Waals surface area contributed by atoms with Gasteiger partial charge in [-0.2, -0.15) is 0 Å². The SMILES string of the molecule is C=C/C=C(\C=C1\NB(c2ccccc2)OC1=C)N1B(C(/C=C\C)=C/C=C\C)NC(=C/C)/C1=N/C=C\C. The maximum atomic E-state index is 6.06. The van der Waals surface area contributed by atoms with Gasteiger partial charge < -0.3 is 19.9 Å². The Morgan fingerprint density at radius 2 is 1.78 bits per heavy atom. The largest absolute Gasteiger partial charge is 0.537 e. The highest BCUT2D eigenvalue weighted by molar-refractivity contribution is 6.69. The van der Waals surface area contributed by atoms with Gasteiger partial charge in [0.05, 0.1) is 11.4 Å². The van der Waals surface area contributed by atoms with Crippen molar-refractivity contribution in [3.05, 3.63) is 139 Å². The van der Waals surface area contributed by atoms with Crippen LogP contribution in [0.15, 0.2) is 144 Å². The van der Waals surface area contributed by atoms with Crippen LogP contribution in [-0.4, -0.2) is 24.7 Å². The van der Waals surface area contributed by atoms with E-state index in [1.54, 1.807) is 12.3 Å². The molecule has 5 nitrogen and oxygen atoms in total. The molecule has 182 valence electrons. The van der Waals surface area contributed by atoms with Gasteiger partial charge in [0.15, 0.2) is 0 Å². The first-order valence-electron chi connectivity index (χ1n) is 12.2. The Balaban J connectivity index is 2.11. The van der Waals surface area contributed by atoms with Crippen molar-refractivity contribution < 1.29 is 4.65 Å². The molecule has 36 heavy (non-hydrogen) atoms. The van der Waals surface area contributed by atoms with Gasteiger partial charge >= 0.3 is 14.0 Å². The third kappa shape index (κ3) is 6.11. The van der Waals surface area contributed by atoms with Crippen molar-refractivity contribution in [1.29, 1.82) is 0 Å². The average molecular weight is 476 g/mol. The first-order valence-corrected chi connectivity index (χ1v) is 12.2. The second-order valence-electron chi connectivity index (χ2n) is 8.11. The van der Waals surface area contributed by atoms with Crippen LogP contribution in [0.4, 0.5) is 0 Å². The lowest BCUT2D eigenvalue weighted by molar-refractivity contribution is 0.482. The molecule has 0 unspecified atom stereocenters. The highest BCUT2D eigenvalue weighted by Crippen LogP contribution is 2.27. The summed E-state index contributed by atoms with van der Waals surface area (Å²) < 4.78 is 6.06. The summed E-state index contributed by atoms with van der Waals surface area (Å²) in [5, 5.41) is 7.11. The number of nitrogens with zero attached hydrogens (tertiary/aromatic N) is 2. The Hall–Kier alpha value is -4.12. The molecule has 0 bridgehead atoms. The number of aliphatic imine (C=N–C) groups is 1. The summed E-state index contributed by atoms with van der Waals surface area (Å²) in [5.41, 5.74) is 4.76. The minimum absolute atomic E-state index is 0.184. The maximum Gasteiger partial charge on any atom is 0.516 e.